The Balaban J connectivity index is 1.94. The molecule has 0 saturated carbocycles. The molecule has 100 valence electrons. The molecule has 0 bridgehead atoms. The lowest BCUT2D eigenvalue weighted by Crippen LogP contribution is -2.33. The number of nitrogens with zero attached hydrogens (tertiary/aromatic N) is 2. The number of aromatic nitrogens is 1. The quantitative estimate of drug-likeness (QED) is 0.863. The Morgan fingerprint density at radius 3 is 3.11 bits per heavy atom. The summed E-state index contributed by atoms with van der Waals surface area (Å²) in [6.45, 7) is 2.71. The first-order valence-corrected chi connectivity index (χ1v) is 6.72. The highest BCUT2D eigenvalue weighted by atomic mass is 16.5. The summed E-state index contributed by atoms with van der Waals surface area (Å²) >= 11 is 0. The smallest absolute Gasteiger partial charge is 0.128 e. The maximum absolute atomic E-state index is 5.77. The Labute approximate surface area is 109 Å². The maximum atomic E-state index is 5.77. The highest BCUT2D eigenvalue weighted by Crippen LogP contribution is 2.17. The topological polar surface area (TPSA) is 37.4 Å². The molecule has 0 amide bonds. The van der Waals surface area contributed by atoms with E-state index >= 15 is 0 Å². The van der Waals surface area contributed by atoms with E-state index < -0.39 is 0 Å². The highest BCUT2D eigenvalue weighted by Gasteiger charge is 2.16. The molecule has 1 aromatic heterocycles. The Kier molecular flexibility index (Phi) is 4.96. The minimum absolute atomic E-state index is 0.360. The van der Waals surface area contributed by atoms with Crippen molar-refractivity contribution < 1.29 is 4.74 Å². The van der Waals surface area contributed by atoms with E-state index in [1.54, 1.807) is 0 Å². The molecule has 0 spiro atoms. The number of ether oxygens (including phenoxy) is 1. The third kappa shape index (κ3) is 3.68. The Hall–Kier alpha value is -1.13. The Morgan fingerprint density at radius 2 is 2.39 bits per heavy atom. The summed E-state index contributed by atoms with van der Waals surface area (Å²) in [5.74, 6) is 1.02. The molecule has 1 atom stereocenters. The van der Waals surface area contributed by atoms with Crippen LogP contribution in [-0.2, 0) is 11.3 Å². The molecule has 2 heterocycles. The first kappa shape index (κ1) is 13.3. The van der Waals surface area contributed by atoms with Gasteiger partial charge in [-0.15, -0.1) is 0 Å². The molecule has 4 heteroatoms. The van der Waals surface area contributed by atoms with E-state index in [4.69, 9.17) is 4.74 Å². The first-order valence-electron chi connectivity index (χ1n) is 6.72. The van der Waals surface area contributed by atoms with Gasteiger partial charge in [0.05, 0.1) is 6.10 Å². The van der Waals surface area contributed by atoms with Crippen LogP contribution in [0.3, 0.4) is 0 Å². The van der Waals surface area contributed by atoms with Crippen LogP contribution in [0.1, 0.15) is 24.8 Å². The SMILES string of the molecule is CNCc1ccnc(N(C)CC2CCCCO2)c1. The van der Waals surface area contributed by atoms with Crippen LogP contribution < -0.4 is 10.2 Å². The normalized spacial score (nSPS) is 19.8. The van der Waals surface area contributed by atoms with Gasteiger partial charge >= 0.3 is 0 Å². The minimum Gasteiger partial charge on any atom is -0.376 e. The number of likely N-dealkylation sites (N-methyl/N-ethyl adjacent to an activating group) is 1. The molecule has 2 rings (SSSR count). The molecule has 18 heavy (non-hydrogen) atoms. The van der Waals surface area contributed by atoms with E-state index in [1.807, 2.05) is 19.3 Å². The van der Waals surface area contributed by atoms with Gasteiger partial charge in [-0.25, -0.2) is 4.98 Å². The summed E-state index contributed by atoms with van der Waals surface area (Å²) < 4.78 is 5.77. The van der Waals surface area contributed by atoms with Gasteiger partial charge < -0.3 is 15.0 Å². The van der Waals surface area contributed by atoms with Crippen LogP contribution in [0, 0.1) is 0 Å². The minimum atomic E-state index is 0.360. The van der Waals surface area contributed by atoms with Crippen LogP contribution in [0.15, 0.2) is 18.3 Å². The average Bonchev–Trinajstić information content (AvgIpc) is 2.40. The van der Waals surface area contributed by atoms with Gasteiger partial charge in [0.2, 0.25) is 0 Å². The van der Waals surface area contributed by atoms with Gasteiger partial charge in [-0.05, 0) is 44.0 Å². The fourth-order valence-corrected chi connectivity index (χ4v) is 2.33. The lowest BCUT2D eigenvalue weighted by Gasteiger charge is -2.28. The molecular formula is C14H23N3O. The second-order valence-electron chi connectivity index (χ2n) is 4.92. The van der Waals surface area contributed by atoms with Crippen LogP contribution in [0.5, 0.6) is 0 Å². The van der Waals surface area contributed by atoms with Gasteiger partial charge in [0.25, 0.3) is 0 Å². The molecule has 0 radical (unpaired) electrons. The van der Waals surface area contributed by atoms with Gasteiger partial charge in [-0.2, -0.15) is 0 Å². The summed E-state index contributed by atoms with van der Waals surface area (Å²) in [5, 5.41) is 3.16. The van der Waals surface area contributed by atoms with E-state index in [2.05, 4.69) is 28.3 Å². The molecule has 1 saturated heterocycles. The standard InChI is InChI=1S/C14H23N3O/c1-15-10-12-6-7-16-14(9-12)17(2)11-13-5-3-4-8-18-13/h6-7,9,13,15H,3-5,8,10-11H2,1-2H3. The van der Waals surface area contributed by atoms with Gasteiger partial charge in [0, 0.05) is 32.9 Å². The Bertz CT molecular complexity index is 364. The van der Waals surface area contributed by atoms with Crippen molar-refractivity contribution in [1.29, 1.82) is 0 Å². The molecule has 0 aliphatic carbocycles. The summed E-state index contributed by atoms with van der Waals surface area (Å²) in [6.07, 6.45) is 5.89. The lowest BCUT2D eigenvalue weighted by molar-refractivity contribution is 0.0215. The van der Waals surface area contributed by atoms with E-state index in [9.17, 15) is 0 Å². The monoisotopic (exact) mass is 249 g/mol. The van der Waals surface area contributed by atoms with E-state index in [0.29, 0.717) is 6.10 Å². The Morgan fingerprint density at radius 1 is 1.50 bits per heavy atom. The number of nitrogens with one attached hydrogen (secondary N) is 1. The fraction of sp³-hybridized carbons (Fsp3) is 0.643. The van der Waals surface area contributed by atoms with Crippen molar-refractivity contribution in [2.45, 2.75) is 31.9 Å². The number of pyridine rings is 1. The van der Waals surface area contributed by atoms with Crippen molar-refractivity contribution >= 4 is 5.82 Å². The number of rotatable bonds is 5. The van der Waals surface area contributed by atoms with Crippen LogP contribution in [-0.4, -0.2) is 38.3 Å². The molecule has 1 unspecified atom stereocenters. The van der Waals surface area contributed by atoms with Crippen molar-refractivity contribution in [3.05, 3.63) is 23.9 Å². The van der Waals surface area contributed by atoms with Crippen molar-refractivity contribution in [1.82, 2.24) is 10.3 Å². The largest absolute Gasteiger partial charge is 0.376 e. The molecular weight excluding hydrogens is 226 g/mol. The van der Waals surface area contributed by atoms with Crippen molar-refractivity contribution in [2.75, 3.05) is 32.1 Å². The third-order valence-electron chi connectivity index (χ3n) is 3.33. The van der Waals surface area contributed by atoms with Crippen LogP contribution in [0.25, 0.3) is 0 Å². The summed E-state index contributed by atoms with van der Waals surface area (Å²) in [5.41, 5.74) is 1.26. The number of hydrogen-bond donors (Lipinski definition) is 1. The average molecular weight is 249 g/mol. The predicted octanol–water partition coefficient (Wildman–Crippen LogP) is 1.81. The van der Waals surface area contributed by atoms with Crippen LogP contribution in [0.2, 0.25) is 0 Å². The first-order chi connectivity index (χ1) is 8.79. The summed E-state index contributed by atoms with van der Waals surface area (Å²) in [7, 11) is 4.04. The van der Waals surface area contributed by atoms with Crippen molar-refractivity contribution in [3.8, 4) is 0 Å². The molecule has 1 fully saturated rings. The summed E-state index contributed by atoms with van der Waals surface area (Å²) in [4.78, 5) is 6.62. The zero-order valence-electron chi connectivity index (χ0n) is 11.4. The lowest BCUT2D eigenvalue weighted by atomic mass is 10.1. The van der Waals surface area contributed by atoms with E-state index in [1.165, 1.54) is 24.8 Å². The molecule has 4 nitrogen and oxygen atoms in total. The summed E-state index contributed by atoms with van der Waals surface area (Å²) in [6, 6.07) is 4.18. The fourth-order valence-electron chi connectivity index (χ4n) is 2.33. The molecule has 1 aliphatic rings. The molecule has 1 aliphatic heterocycles. The van der Waals surface area contributed by atoms with Gasteiger partial charge in [0.15, 0.2) is 0 Å². The zero-order chi connectivity index (χ0) is 12.8. The van der Waals surface area contributed by atoms with Crippen molar-refractivity contribution in [3.63, 3.8) is 0 Å². The van der Waals surface area contributed by atoms with E-state index in [0.717, 1.165) is 25.5 Å². The van der Waals surface area contributed by atoms with Gasteiger partial charge in [-0.3, -0.25) is 0 Å². The highest BCUT2D eigenvalue weighted by molar-refractivity contribution is 5.40. The van der Waals surface area contributed by atoms with Crippen LogP contribution >= 0.6 is 0 Å². The predicted molar refractivity (Wildman–Crippen MR) is 73.9 cm³/mol. The number of hydrogen-bond acceptors (Lipinski definition) is 4. The van der Waals surface area contributed by atoms with Gasteiger partial charge in [0.1, 0.15) is 5.82 Å². The molecule has 0 aromatic carbocycles. The zero-order valence-corrected chi connectivity index (χ0v) is 11.4. The van der Waals surface area contributed by atoms with Gasteiger partial charge in [-0.1, -0.05) is 0 Å². The second-order valence-corrected chi connectivity index (χ2v) is 4.92. The molecule has 1 aromatic rings. The third-order valence-corrected chi connectivity index (χ3v) is 3.33. The maximum Gasteiger partial charge on any atom is 0.128 e. The van der Waals surface area contributed by atoms with Crippen LogP contribution in [0.4, 0.5) is 5.82 Å². The molecule has 1 N–H and O–H groups in total. The number of anilines is 1. The van der Waals surface area contributed by atoms with E-state index in [-0.39, 0.29) is 0 Å². The second kappa shape index (κ2) is 6.71. The van der Waals surface area contributed by atoms with Crippen molar-refractivity contribution in [2.24, 2.45) is 0 Å².